The van der Waals surface area contributed by atoms with Gasteiger partial charge < -0.3 is 5.32 Å². The van der Waals surface area contributed by atoms with Crippen LogP contribution in [0.4, 0.5) is 5.95 Å². The lowest BCUT2D eigenvalue weighted by Gasteiger charge is -2.07. The van der Waals surface area contributed by atoms with E-state index in [0.717, 1.165) is 17.5 Å². The van der Waals surface area contributed by atoms with Gasteiger partial charge in [-0.2, -0.15) is 15.0 Å². The maximum atomic E-state index is 4.48. The largest absolute Gasteiger partial charge is 0.354 e. The number of aromatic nitrogens is 5. The van der Waals surface area contributed by atoms with E-state index in [2.05, 4.69) is 32.2 Å². The molecule has 2 aromatic rings. The molecule has 0 spiro atoms. The van der Waals surface area contributed by atoms with Crippen LogP contribution in [-0.4, -0.2) is 36.8 Å². The molecule has 0 saturated carbocycles. The van der Waals surface area contributed by atoms with Crippen molar-refractivity contribution in [2.45, 2.75) is 38.3 Å². The quantitative estimate of drug-likeness (QED) is 0.596. The van der Waals surface area contributed by atoms with E-state index in [9.17, 15) is 0 Å². The van der Waals surface area contributed by atoms with Gasteiger partial charge in [0, 0.05) is 24.7 Å². The van der Waals surface area contributed by atoms with Gasteiger partial charge >= 0.3 is 0 Å². The van der Waals surface area contributed by atoms with Gasteiger partial charge in [0.2, 0.25) is 11.9 Å². The minimum absolute atomic E-state index is 0.603. The van der Waals surface area contributed by atoms with Crippen LogP contribution < -0.4 is 5.32 Å². The van der Waals surface area contributed by atoms with Crippen LogP contribution in [0, 0.1) is 0 Å². The number of nitrogens with one attached hydrogen (secondary N) is 1. The van der Waals surface area contributed by atoms with Gasteiger partial charge in [-0.1, -0.05) is 31.5 Å². The number of rotatable bonds is 8. The number of anilines is 1. The van der Waals surface area contributed by atoms with Gasteiger partial charge in [-0.15, -0.1) is 0 Å². The van der Waals surface area contributed by atoms with E-state index >= 15 is 0 Å². The van der Waals surface area contributed by atoms with Gasteiger partial charge in [0.15, 0.2) is 5.16 Å². The van der Waals surface area contributed by atoms with E-state index in [-0.39, 0.29) is 0 Å². The van der Waals surface area contributed by atoms with Crippen molar-refractivity contribution in [3.63, 3.8) is 0 Å². The lowest BCUT2D eigenvalue weighted by Crippen LogP contribution is -2.08. The molecule has 0 aromatic carbocycles. The monoisotopic (exact) mass is 292 g/mol. The summed E-state index contributed by atoms with van der Waals surface area (Å²) in [6.45, 7) is 5.01. The van der Waals surface area contributed by atoms with Gasteiger partial charge in [-0.05, 0) is 13.3 Å². The lowest BCUT2D eigenvalue weighted by molar-refractivity contribution is 0.774. The second-order valence-electron chi connectivity index (χ2n) is 4.30. The average molecular weight is 292 g/mol. The number of hydrogen-bond donors (Lipinski definition) is 1. The Balaban J connectivity index is 2.13. The van der Waals surface area contributed by atoms with Gasteiger partial charge in [0.05, 0.1) is 0 Å². The smallest absolute Gasteiger partial charge is 0.240 e. The summed E-state index contributed by atoms with van der Waals surface area (Å²) >= 11 is 1.68. The summed E-state index contributed by atoms with van der Waals surface area (Å²) in [5.41, 5.74) is 0. The number of nitrogens with zero attached hydrogens (tertiary/aromatic N) is 5. The molecule has 2 heterocycles. The van der Waals surface area contributed by atoms with E-state index in [1.165, 1.54) is 19.3 Å². The highest BCUT2D eigenvalue weighted by atomic mass is 32.2. The van der Waals surface area contributed by atoms with Crippen molar-refractivity contribution >= 4 is 17.7 Å². The molecule has 0 radical (unpaired) electrons. The third-order valence-corrected chi connectivity index (χ3v) is 3.59. The Labute approximate surface area is 123 Å². The molecule has 0 amide bonds. The zero-order chi connectivity index (χ0) is 14.2. The molecule has 0 bridgehead atoms. The van der Waals surface area contributed by atoms with E-state index in [1.807, 2.05) is 13.1 Å². The van der Waals surface area contributed by atoms with Gasteiger partial charge in [-0.3, -0.25) is 4.57 Å². The first-order valence-electron chi connectivity index (χ1n) is 6.94. The fourth-order valence-corrected chi connectivity index (χ4v) is 2.48. The fraction of sp³-hybridized carbons (Fsp3) is 0.538. The zero-order valence-electron chi connectivity index (χ0n) is 11.9. The Morgan fingerprint density at radius 1 is 1.20 bits per heavy atom. The fourth-order valence-electron chi connectivity index (χ4n) is 1.66. The van der Waals surface area contributed by atoms with Gasteiger partial charge in [0.1, 0.15) is 6.33 Å². The number of unbranched alkanes of at least 4 members (excludes halogenated alkanes) is 2. The van der Waals surface area contributed by atoms with E-state index in [0.29, 0.717) is 11.9 Å². The Morgan fingerprint density at radius 2 is 2.10 bits per heavy atom. The number of hydrogen-bond acceptors (Lipinski definition) is 6. The zero-order valence-corrected chi connectivity index (χ0v) is 12.7. The molecule has 0 fully saturated rings. The van der Waals surface area contributed by atoms with E-state index in [4.69, 9.17) is 0 Å². The second-order valence-corrected chi connectivity index (χ2v) is 5.36. The standard InChI is InChI=1S/C13H20N6S/c1-3-5-6-9-20-13-17-11(15-4-2)16-12(18-13)19-8-7-14-10-19/h7-8,10H,3-6,9H2,1-2H3,(H,15,16,17,18). The summed E-state index contributed by atoms with van der Waals surface area (Å²) in [6.07, 6.45) is 8.88. The Kier molecular flexibility index (Phi) is 5.79. The van der Waals surface area contributed by atoms with Crippen LogP contribution in [0.1, 0.15) is 33.1 Å². The predicted molar refractivity (Wildman–Crippen MR) is 81.4 cm³/mol. The van der Waals surface area contributed by atoms with Crippen LogP contribution >= 0.6 is 11.8 Å². The first kappa shape index (κ1) is 14.8. The van der Waals surface area contributed by atoms with Crippen LogP contribution in [0.15, 0.2) is 23.9 Å². The number of thioether (sulfide) groups is 1. The summed E-state index contributed by atoms with van der Waals surface area (Å²) in [5, 5.41) is 3.90. The first-order valence-corrected chi connectivity index (χ1v) is 7.93. The van der Waals surface area contributed by atoms with Crippen molar-refractivity contribution in [3.8, 4) is 5.95 Å². The van der Waals surface area contributed by atoms with Crippen molar-refractivity contribution in [1.82, 2.24) is 24.5 Å². The Hall–Kier alpha value is -1.63. The minimum Gasteiger partial charge on any atom is -0.354 e. The molecule has 0 unspecified atom stereocenters. The molecule has 0 aliphatic heterocycles. The van der Waals surface area contributed by atoms with Crippen LogP contribution in [0.2, 0.25) is 0 Å². The van der Waals surface area contributed by atoms with Crippen LogP contribution in [-0.2, 0) is 0 Å². The molecular weight excluding hydrogens is 272 g/mol. The Morgan fingerprint density at radius 3 is 2.80 bits per heavy atom. The molecule has 0 aliphatic carbocycles. The number of imidazole rings is 1. The predicted octanol–water partition coefficient (Wildman–Crippen LogP) is 2.77. The molecule has 0 saturated heterocycles. The van der Waals surface area contributed by atoms with Crippen molar-refractivity contribution in [1.29, 1.82) is 0 Å². The average Bonchev–Trinajstić information content (AvgIpc) is 2.98. The van der Waals surface area contributed by atoms with E-state index < -0.39 is 0 Å². The molecule has 7 heteroatoms. The molecule has 108 valence electrons. The molecular formula is C13H20N6S. The molecule has 2 rings (SSSR count). The summed E-state index contributed by atoms with van der Waals surface area (Å²) in [5.74, 6) is 2.25. The second kappa shape index (κ2) is 7.84. The van der Waals surface area contributed by atoms with Crippen molar-refractivity contribution in [3.05, 3.63) is 18.7 Å². The van der Waals surface area contributed by atoms with Crippen LogP contribution in [0.3, 0.4) is 0 Å². The third kappa shape index (κ3) is 4.19. The van der Waals surface area contributed by atoms with Crippen molar-refractivity contribution in [2.75, 3.05) is 17.6 Å². The third-order valence-electron chi connectivity index (χ3n) is 2.65. The highest BCUT2D eigenvalue weighted by molar-refractivity contribution is 7.99. The lowest BCUT2D eigenvalue weighted by atomic mass is 10.3. The summed E-state index contributed by atoms with van der Waals surface area (Å²) in [4.78, 5) is 17.3. The minimum atomic E-state index is 0.603. The molecule has 1 N–H and O–H groups in total. The molecule has 6 nitrogen and oxygen atoms in total. The topological polar surface area (TPSA) is 68.5 Å². The van der Waals surface area contributed by atoms with Crippen molar-refractivity contribution in [2.24, 2.45) is 0 Å². The normalized spacial score (nSPS) is 10.7. The van der Waals surface area contributed by atoms with Crippen LogP contribution in [0.25, 0.3) is 5.95 Å². The first-order chi connectivity index (χ1) is 9.83. The van der Waals surface area contributed by atoms with E-state index in [1.54, 1.807) is 28.9 Å². The highest BCUT2D eigenvalue weighted by Crippen LogP contribution is 2.18. The van der Waals surface area contributed by atoms with Crippen molar-refractivity contribution < 1.29 is 0 Å². The summed E-state index contributed by atoms with van der Waals surface area (Å²) in [7, 11) is 0. The van der Waals surface area contributed by atoms with Gasteiger partial charge in [0.25, 0.3) is 0 Å². The van der Waals surface area contributed by atoms with Gasteiger partial charge in [-0.25, -0.2) is 4.98 Å². The summed E-state index contributed by atoms with van der Waals surface area (Å²) < 4.78 is 1.79. The maximum Gasteiger partial charge on any atom is 0.240 e. The van der Waals surface area contributed by atoms with Crippen LogP contribution in [0.5, 0.6) is 0 Å². The Bertz CT molecular complexity index is 514. The molecule has 0 aliphatic rings. The molecule has 2 aromatic heterocycles. The molecule has 0 atom stereocenters. The SMILES string of the molecule is CCCCCSc1nc(NCC)nc(-n2ccnc2)n1. The maximum absolute atomic E-state index is 4.48. The summed E-state index contributed by atoms with van der Waals surface area (Å²) in [6, 6.07) is 0. The molecule has 20 heavy (non-hydrogen) atoms. The highest BCUT2D eigenvalue weighted by Gasteiger charge is 2.08.